The number of hydrogen-bond acceptors (Lipinski definition) is 6. The average Bonchev–Trinajstić information content (AvgIpc) is 3.34. The van der Waals surface area contributed by atoms with E-state index in [0.29, 0.717) is 17.3 Å². The fourth-order valence-electron chi connectivity index (χ4n) is 3.45. The van der Waals surface area contributed by atoms with Gasteiger partial charge in [-0.1, -0.05) is 48.5 Å². The largest absolute Gasteiger partial charge is 0.463 e. The van der Waals surface area contributed by atoms with Crippen LogP contribution in [0.5, 0.6) is 0 Å². The fourth-order valence-corrected chi connectivity index (χ4v) is 3.45. The predicted octanol–water partition coefficient (Wildman–Crippen LogP) is 4.56. The molecule has 4 aromatic rings. The number of nitrogens with one attached hydrogen (secondary N) is 3. The molecule has 0 aliphatic rings. The third kappa shape index (κ3) is 5.66. The Balaban J connectivity index is 1.52. The highest BCUT2D eigenvalue weighted by Gasteiger charge is 2.19. The first kappa shape index (κ1) is 22.7. The Morgan fingerprint density at radius 2 is 1.76 bits per heavy atom. The van der Waals surface area contributed by atoms with Gasteiger partial charge in [0.1, 0.15) is 12.3 Å². The zero-order chi connectivity index (χ0) is 23.9. The highest BCUT2D eigenvalue weighted by atomic mass is 16.5. The molecule has 0 spiro atoms. The summed E-state index contributed by atoms with van der Waals surface area (Å²) in [6.45, 7) is 3.29. The molecule has 4 rings (SSSR count). The molecule has 3 N–H and O–H groups in total. The fraction of sp³-hybridized carbons (Fsp3) is 0.154. The van der Waals surface area contributed by atoms with Crippen LogP contribution in [0.25, 0.3) is 11.3 Å². The van der Waals surface area contributed by atoms with Gasteiger partial charge in [-0.3, -0.25) is 9.59 Å². The van der Waals surface area contributed by atoms with Crippen LogP contribution in [0.1, 0.15) is 34.6 Å². The number of para-hydroxylation sites is 1. The number of aryl methyl sites for hydroxylation is 1. The van der Waals surface area contributed by atoms with Gasteiger partial charge in [-0.05, 0) is 36.2 Å². The van der Waals surface area contributed by atoms with Gasteiger partial charge < -0.3 is 20.4 Å². The van der Waals surface area contributed by atoms with Crippen molar-refractivity contribution in [2.75, 3.05) is 11.9 Å². The minimum absolute atomic E-state index is 0.0399. The predicted molar refractivity (Wildman–Crippen MR) is 130 cm³/mol. The van der Waals surface area contributed by atoms with Gasteiger partial charge in [0, 0.05) is 30.6 Å². The average molecular weight is 456 g/mol. The Kier molecular flexibility index (Phi) is 6.98. The van der Waals surface area contributed by atoms with Crippen molar-refractivity contribution in [3.05, 3.63) is 95.9 Å². The second-order valence-electron chi connectivity index (χ2n) is 7.76. The van der Waals surface area contributed by atoms with E-state index >= 15 is 0 Å². The number of anilines is 2. The van der Waals surface area contributed by atoms with Crippen molar-refractivity contribution in [1.82, 2.24) is 20.3 Å². The summed E-state index contributed by atoms with van der Waals surface area (Å²) < 4.78 is 5.16. The van der Waals surface area contributed by atoms with E-state index in [1.54, 1.807) is 18.5 Å². The van der Waals surface area contributed by atoms with Crippen LogP contribution in [-0.4, -0.2) is 33.4 Å². The molecule has 0 bridgehead atoms. The maximum atomic E-state index is 13.0. The van der Waals surface area contributed by atoms with E-state index in [0.717, 1.165) is 22.4 Å². The molecule has 8 nitrogen and oxygen atoms in total. The van der Waals surface area contributed by atoms with Crippen LogP contribution in [-0.2, 0) is 9.53 Å². The van der Waals surface area contributed by atoms with E-state index in [2.05, 4.69) is 25.6 Å². The molecule has 2 heterocycles. The lowest BCUT2D eigenvalue weighted by Gasteiger charge is -2.18. The molecule has 1 atom stereocenters. The van der Waals surface area contributed by atoms with E-state index in [9.17, 15) is 9.59 Å². The number of nitrogens with zero attached hydrogens (tertiary/aromatic N) is 2. The number of aromatic nitrogens is 3. The number of aromatic amines is 1. The molecule has 0 unspecified atom stereocenters. The van der Waals surface area contributed by atoms with Gasteiger partial charge in [-0.15, -0.1) is 0 Å². The van der Waals surface area contributed by atoms with Gasteiger partial charge in [0.2, 0.25) is 5.95 Å². The SMILES string of the molecule is CC(=O)OC[C@@H](NC(=O)c1cc(-c2nc(Nc3ccccc3)ncc2C)c[nH]1)c1ccccc1. The molecule has 0 radical (unpaired) electrons. The molecule has 1 amide bonds. The van der Waals surface area contributed by atoms with Crippen molar-refractivity contribution in [2.24, 2.45) is 0 Å². The minimum atomic E-state index is -0.480. The van der Waals surface area contributed by atoms with Crippen LogP contribution in [0.3, 0.4) is 0 Å². The molecule has 2 aromatic carbocycles. The number of ether oxygens (including phenoxy) is 1. The maximum Gasteiger partial charge on any atom is 0.302 e. The summed E-state index contributed by atoms with van der Waals surface area (Å²) >= 11 is 0. The molecule has 172 valence electrons. The Bertz CT molecular complexity index is 1270. The number of carbonyl (C=O) groups is 2. The number of amides is 1. The maximum absolute atomic E-state index is 13.0. The first-order valence-corrected chi connectivity index (χ1v) is 10.8. The van der Waals surface area contributed by atoms with Gasteiger partial charge >= 0.3 is 5.97 Å². The van der Waals surface area contributed by atoms with E-state index < -0.39 is 12.0 Å². The van der Waals surface area contributed by atoms with Gasteiger partial charge in [0.15, 0.2) is 0 Å². The van der Waals surface area contributed by atoms with Crippen molar-refractivity contribution in [2.45, 2.75) is 19.9 Å². The molecular weight excluding hydrogens is 430 g/mol. The topological polar surface area (TPSA) is 109 Å². The smallest absolute Gasteiger partial charge is 0.302 e. The summed E-state index contributed by atoms with van der Waals surface area (Å²) in [5, 5.41) is 6.12. The molecular formula is C26H25N5O3. The quantitative estimate of drug-likeness (QED) is 0.336. The first-order chi connectivity index (χ1) is 16.5. The van der Waals surface area contributed by atoms with Gasteiger partial charge in [0.05, 0.1) is 11.7 Å². The molecule has 0 aliphatic carbocycles. The zero-order valence-corrected chi connectivity index (χ0v) is 18.9. The normalized spacial score (nSPS) is 11.5. The minimum Gasteiger partial charge on any atom is -0.463 e. The van der Waals surface area contributed by atoms with E-state index in [1.807, 2.05) is 67.6 Å². The van der Waals surface area contributed by atoms with E-state index in [-0.39, 0.29) is 12.5 Å². The van der Waals surface area contributed by atoms with Crippen molar-refractivity contribution in [3.63, 3.8) is 0 Å². The first-order valence-electron chi connectivity index (χ1n) is 10.8. The van der Waals surface area contributed by atoms with Crippen LogP contribution < -0.4 is 10.6 Å². The van der Waals surface area contributed by atoms with E-state index in [1.165, 1.54) is 6.92 Å². The van der Waals surface area contributed by atoms with Crippen molar-refractivity contribution < 1.29 is 14.3 Å². The van der Waals surface area contributed by atoms with Crippen LogP contribution in [0.2, 0.25) is 0 Å². The molecule has 0 fully saturated rings. The highest BCUT2D eigenvalue weighted by molar-refractivity contribution is 5.94. The molecule has 34 heavy (non-hydrogen) atoms. The molecule has 0 saturated carbocycles. The van der Waals surface area contributed by atoms with Crippen LogP contribution >= 0.6 is 0 Å². The molecule has 2 aromatic heterocycles. The lowest BCUT2D eigenvalue weighted by molar-refractivity contribution is -0.141. The lowest BCUT2D eigenvalue weighted by Crippen LogP contribution is -2.32. The molecule has 0 saturated heterocycles. The standard InChI is InChI=1S/C26H25N5O3/c1-17-14-28-26(29-21-11-7-4-8-12-21)31-24(17)20-13-22(27-15-20)25(33)30-23(16-34-18(2)32)19-9-5-3-6-10-19/h3-15,23,27H,16H2,1-2H3,(H,30,33)(H,28,29,31)/t23-/m1/s1. The molecule has 8 heteroatoms. The second-order valence-corrected chi connectivity index (χ2v) is 7.76. The number of carbonyl (C=O) groups excluding carboxylic acids is 2. The Morgan fingerprint density at radius 1 is 1.06 bits per heavy atom. The van der Waals surface area contributed by atoms with Crippen molar-refractivity contribution >= 4 is 23.5 Å². The summed E-state index contributed by atoms with van der Waals surface area (Å²) in [6.07, 6.45) is 3.48. The van der Waals surface area contributed by atoms with Gasteiger partial charge in [-0.25, -0.2) is 9.97 Å². The number of H-pyrrole nitrogens is 1. The van der Waals surface area contributed by atoms with Gasteiger partial charge in [-0.2, -0.15) is 0 Å². The van der Waals surface area contributed by atoms with Crippen LogP contribution in [0, 0.1) is 6.92 Å². The highest BCUT2D eigenvalue weighted by Crippen LogP contribution is 2.24. The van der Waals surface area contributed by atoms with E-state index in [4.69, 9.17) is 4.74 Å². The summed E-state index contributed by atoms with van der Waals surface area (Å²) in [4.78, 5) is 36.3. The third-order valence-corrected chi connectivity index (χ3v) is 5.16. The number of rotatable bonds is 8. The Labute approximate surface area is 197 Å². The number of esters is 1. The van der Waals surface area contributed by atoms with Gasteiger partial charge in [0.25, 0.3) is 5.91 Å². The van der Waals surface area contributed by atoms with Crippen molar-refractivity contribution in [1.29, 1.82) is 0 Å². The van der Waals surface area contributed by atoms with Crippen LogP contribution in [0.15, 0.2) is 79.1 Å². The zero-order valence-electron chi connectivity index (χ0n) is 18.9. The summed E-state index contributed by atoms with van der Waals surface area (Å²) in [5.41, 5.74) is 4.44. The lowest BCUT2D eigenvalue weighted by atomic mass is 10.1. The third-order valence-electron chi connectivity index (χ3n) is 5.16. The molecule has 0 aliphatic heterocycles. The summed E-state index contributed by atoms with van der Waals surface area (Å²) in [5.74, 6) is -0.261. The van der Waals surface area contributed by atoms with Crippen molar-refractivity contribution in [3.8, 4) is 11.3 Å². The number of benzene rings is 2. The Morgan fingerprint density at radius 3 is 2.47 bits per heavy atom. The number of hydrogen-bond donors (Lipinski definition) is 3. The Hall–Kier alpha value is -4.46. The second kappa shape index (κ2) is 10.4. The summed E-state index contributed by atoms with van der Waals surface area (Å²) in [6, 6.07) is 20.3. The monoisotopic (exact) mass is 455 g/mol. The summed E-state index contributed by atoms with van der Waals surface area (Å²) in [7, 11) is 0. The van der Waals surface area contributed by atoms with Crippen LogP contribution in [0.4, 0.5) is 11.6 Å².